The van der Waals surface area contributed by atoms with Crippen molar-refractivity contribution in [2.45, 2.75) is 69.1 Å². The average Bonchev–Trinajstić information content (AvgIpc) is 3.13. The fourth-order valence-electron chi connectivity index (χ4n) is 5.18. The molecule has 0 radical (unpaired) electrons. The minimum atomic E-state index is -0.536. The summed E-state index contributed by atoms with van der Waals surface area (Å²) in [6, 6.07) is 6.94. The van der Waals surface area contributed by atoms with E-state index in [-0.39, 0.29) is 30.1 Å². The third-order valence-electron chi connectivity index (χ3n) is 6.49. The number of benzene rings is 1. The highest BCUT2D eigenvalue weighted by Gasteiger charge is 2.40. The minimum Gasteiger partial charge on any atom is -0.322 e. The summed E-state index contributed by atoms with van der Waals surface area (Å²) < 4.78 is 0. The smallest absolute Gasteiger partial charge is 0.255 e. The zero-order valence-electron chi connectivity index (χ0n) is 15.1. The summed E-state index contributed by atoms with van der Waals surface area (Å²) in [4.78, 5) is 37.9. The van der Waals surface area contributed by atoms with E-state index in [2.05, 4.69) is 22.8 Å². The van der Waals surface area contributed by atoms with E-state index in [1.807, 2.05) is 6.07 Å². The fourth-order valence-corrected chi connectivity index (χ4v) is 5.18. The molecule has 4 aliphatic heterocycles. The van der Waals surface area contributed by atoms with Crippen molar-refractivity contribution in [2.75, 3.05) is 0 Å². The second-order valence-electron chi connectivity index (χ2n) is 8.12. The molecule has 4 aliphatic rings. The lowest BCUT2D eigenvalue weighted by Gasteiger charge is -2.29. The first-order valence-corrected chi connectivity index (χ1v) is 9.62. The van der Waals surface area contributed by atoms with Gasteiger partial charge in [0.2, 0.25) is 11.8 Å². The van der Waals surface area contributed by atoms with Crippen LogP contribution in [0.4, 0.5) is 0 Å². The van der Waals surface area contributed by atoms with Crippen LogP contribution in [0.3, 0.4) is 0 Å². The van der Waals surface area contributed by atoms with Crippen LogP contribution in [-0.4, -0.2) is 40.7 Å². The molecule has 0 spiro atoms. The number of piperidine rings is 2. The molecule has 4 heterocycles. The summed E-state index contributed by atoms with van der Waals surface area (Å²) >= 11 is 0. The van der Waals surface area contributed by atoms with Crippen molar-refractivity contribution >= 4 is 30.1 Å². The van der Waals surface area contributed by atoms with E-state index in [9.17, 15) is 14.4 Å². The molecule has 3 fully saturated rings. The van der Waals surface area contributed by atoms with Crippen molar-refractivity contribution in [2.24, 2.45) is 0 Å². The molecule has 6 nitrogen and oxygen atoms in total. The van der Waals surface area contributed by atoms with E-state index in [1.165, 1.54) is 31.2 Å². The predicted molar refractivity (Wildman–Crippen MR) is 102 cm³/mol. The molecule has 0 aliphatic carbocycles. The van der Waals surface area contributed by atoms with Gasteiger partial charge in [-0.3, -0.25) is 19.7 Å². The SMILES string of the molecule is Cl.O=C1CCC(N2Cc3cc(C4CC5CCC(C4)N5)ccc3C2=O)C(=O)N1. The highest BCUT2D eigenvalue weighted by atomic mass is 35.5. The molecule has 0 aromatic heterocycles. The van der Waals surface area contributed by atoms with E-state index in [0.717, 1.165) is 5.56 Å². The van der Waals surface area contributed by atoms with Gasteiger partial charge in [-0.25, -0.2) is 0 Å². The number of rotatable bonds is 2. The normalized spacial score (nSPS) is 32.1. The fraction of sp³-hybridized carbons (Fsp3) is 0.550. The summed E-state index contributed by atoms with van der Waals surface area (Å²) in [6.07, 6.45) is 5.58. The number of carbonyl (C=O) groups excluding carboxylic acids is 3. The van der Waals surface area contributed by atoms with E-state index in [0.29, 0.717) is 43.0 Å². The summed E-state index contributed by atoms with van der Waals surface area (Å²) in [7, 11) is 0. The van der Waals surface area contributed by atoms with Crippen LogP contribution < -0.4 is 10.6 Å². The lowest BCUT2D eigenvalue weighted by atomic mass is 9.85. The number of hydrogen-bond donors (Lipinski definition) is 2. The van der Waals surface area contributed by atoms with Crippen molar-refractivity contribution in [1.82, 2.24) is 15.5 Å². The molecule has 27 heavy (non-hydrogen) atoms. The van der Waals surface area contributed by atoms with E-state index in [4.69, 9.17) is 0 Å². The molecular formula is C20H24ClN3O3. The Morgan fingerprint density at radius 2 is 1.74 bits per heavy atom. The average molecular weight is 390 g/mol. The van der Waals surface area contributed by atoms with E-state index >= 15 is 0 Å². The van der Waals surface area contributed by atoms with Gasteiger partial charge in [0.1, 0.15) is 6.04 Å². The van der Waals surface area contributed by atoms with Crippen LogP contribution in [0.5, 0.6) is 0 Å². The van der Waals surface area contributed by atoms with Crippen molar-refractivity contribution in [3.8, 4) is 0 Å². The number of nitrogens with one attached hydrogen (secondary N) is 2. The summed E-state index contributed by atoms with van der Waals surface area (Å²) in [5.41, 5.74) is 3.04. The Hall–Kier alpha value is -1.92. The summed E-state index contributed by atoms with van der Waals surface area (Å²) in [5.74, 6) is -0.138. The van der Waals surface area contributed by atoms with Crippen LogP contribution in [0.1, 0.15) is 65.9 Å². The van der Waals surface area contributed by atoms with Gasteiger partial charge in [0.25, 0.3) is 5.91 Å². The van der Waals surface area contributed by atoms with Gasteiger partial charge in [-0.15, -0.1) is 12.4 Å². The van der Waals surface area contributed by atoms with Crippen LogP contribution in [-0.2, 0) is 16.1 Å². The van der Waals surface area contributed by atoms with Crippen LogP contribution in [0.25, 0.3) is 0 Å². The zero-order valence-corrected chi connectivity index (χ0v) is 15.9. The third kappa shape index (κ3) is 3.15. The Bertz CT molecular complexity index is 800. The standard InChI is InChI=1S/C20H23N3O3.ClH/c24-18-6-5-17(19(25)22-18)23-10-13-7-11(1-4-16(13)20(23)26)12-8-14-2-3-15(9-12)21-14;/h1,4,7,12,14-15,17,21H,2-3,5-6,8-10H2,(H,22,24,25);1H. The number of hydrogen-bond acceptors (Lipinski definition) is 4. The number of nitrogens with zero attached hydrogens (tertiary/aromatic N) is 1. The Morgan fingerprint density at radius 1 is 1.00 bits per heavy atom. The number of amides is 3. The number of carbonyl (C=O) groups is 3. The largest absolute Gasteiger partial charge is 0.322 e. The minimum absolute atomic E-state index is 0. The highest BCUT2D eigenvalue weighted by molar-refractivity contribution is 6.05. The van der Waals surface area contributed by atoms with Crippen LogP contribution in [0.15, 0.2) is 18.2 Å². The lowest BCUT2D eigenvalue weighted by molar-refractivity contribution is -0.136. The molecule has 0 saturated carbocycles. The zero-order chi connectivity index (χ0) is 17.8. The van der Waals surface area contributed by atoms with Gasteiger partial charge in [-0.05, 0) is 55.2 Å². The monoisotopic (exact) mass is 389 g/mol. The Labute approximate surface area is 164 Å². The molecular weight excluding hydrogens is 366 g/mol. The first kappa shape index (κ1) is 18.4. The Kier molecular flexibility index (Phi) is 4.72. The van der Waals surface area contributed by atoms with Crippen LogP contribution >= 0.6 is 12.4 Å². The van der Waals surface area contributed by atoms with Crippen molar-refractivity contribution in [3.05, 3.63) is 34.9 Å². The summed E-state index contributed by atoms with van der Waals surface area (Å²) in [6.45, 7) is 0.464. The van der Waals surface area contributed by atoms with Gasteiger partial charge < -0.3 is 10.2 Å². The first-order chi connectivity index (χ1) is 12.6. The molecule has 3 unspecified atom stereocenters. The van der Waals surface area contributed by atoms with Crippen LogP contribution in [0, 0.1) is 0 Å². The first-order valence-electron chi connectivity index (χ1n) is 9.62. The lowest BCUT2D eigenvalue weighted by Crippen LogP contribution is -2.52. The molecule has 2 bridgehead atoms. The molecule has 3 amide bonds. The molecule has 5 rings (SSSR count). The van der Waals surface area contributed by atoms with Gasteiger partial charge >= 0.3 is 0 Å². The topological polar surface area (TPSA) is 78.5 Å². The summed E-state index contributed by atoms with van der Waals surface area (Å²) in [5, 5.41) is 6.03. The molecule has 3 atom stereocenters. The van der Waals surface area contributed by atoms with Gasteiger partial charge in [-0.2, -0.15) is 0 Å². The second-order valence-corrected chi connectivity index (χ2v) is 8.12. The maximum absolute atomic E-state index is 12.8. The Balaban J connectivity index is 0.00000180. The van der Waals surface area contributed by atoms with Gasteiger partial charge in [0.05, 0.1) is 0 Å². The molecule has 3 saturated heterocycles. The maximum Gasteiger partial charge on any atom is 0.255 e. The van der Waals surface area contributed by atoms with Gasteiger partial charge in [0.15, 0.2) is 0 Å². The van der Waals surface area contributed by atoms with Crippen molar-refractivity contribution in [1.29, 1.82) is 0 Å². The molecule has 2 N–H and O–H groups in total. The highest BCUT2D eigenvalue weighted by Crippen LogP contribution is 2.39. The Morgan fingerprint density at radius 3 is 2.44 bits per heavy atom. The maximum atomic E-state index is 12.8. The van der Waals surface area contributed by atoms with Crippen molar-refractivity contribution < 1.29 is 14.4 Å². The van der Waals surface area contributed by atoms with Gasteiger partial charge in [-0.1, -0.05) is 12.1 Å². The quantitative estimate of drug-likeness (QED) is 0.757. The number of imide groups is 1. The molecule has 1 aromatic rings. The van der Waals surface area contributed by atoms with Crippen LogP contribution in [0.2, 0.25) is 0 Å². The van der Waals surface area contributed by atoms with Gasteiger partial charge in [0, 0.05) is 30.6 Å². The number of halogens is 1. The van der Waals surface area contributed by atoms with E-state index in [1.54, 1.807) is 4.90 Å². The van der Waals surface area contributed by atoms with E-state index < -0.39 is 6.04 Å². The molecule has 7 heteroatoms. The van der Waals surface area contributed by atoms with Crippen molar-refractivity contribution in [3.63, 3.8) is 0 Å². The molecule has 144 valence electrons. The number of fused-ring (bicyclic) bond motifs is 3. The third-order valence-corrected chi connectivity index (χ3v) is 6.49. The molecule has 1 aromatic carbocycles. The second kappa shape index (κ2) is 6.91. The predicted octanol–water partition coefficient (Wildman–Crippen LogP) is 1.87.